The van der Waals surface area contributed by atoms with E-state index in [1.165, 1.54) is 17.7 Å². The number of carbonyl (C=O) groups is 2. The molecule has 4 rings (SSSR count). The first-order valence-electron chi connectivity index (χ1n) is 12.1. The van der Waals surface area contributed by atoms with Crippen molar-refractivity contribution in [2.24, 2.45) is 5.92 Å². The SMILES string of the molecule is CCC(CC)n1c(Cc2cccs2)nc2cc(C(=O)NC3CCC(C)CC3)ccc21.O=C(O)O. The molecule has 2 aromatic heterocycles. The minimum Gasteiger partial charge on any atom is -0.450 e. The van der Waals surface area contributed by atoms with E-state index >= 15 is 0 Å². The lowest BCUT2D eigenvalue weighted by Crippen LogP contribution is -2.37. The van der Waals surface area contributed by atoms with E-state index < -0.39 is 6.16 Å². The molecule has 1 saturated carbocycles. The first-order chi connectivity index (χ1) is 16.3. The Hall–Kier alpha value is -2.87. The van der Waals surface area contributed by atoms with Crippen LogP contribution in [0.15, 0.2) is 35.7 Å². The molecular formula is C26H35N3O4S. The van der Waals surface area contributed by atoms with Gasteiger partial charge in [-0.3, -0.25) is 4.79 Å². The molecule has 1 aliphatic rings. The molecule has 0 saturated heterocycles. The first-order valence-corrected chi connectivity index (χ1v) is 13.0. The Morgan fingerprint density at radius 3 is 2.41 bits per heavy atom. The van der Waals surface area contributed by atoms with E-state index in [9.17, 15) is 4.79 Å². The number of nitrogens with one attached hydrogen (secondary N) is 1. The van der Waals surface area contributed by atoms with Gasteiger partial charge in [0.25, 0.3) is 5.91 Å². The van der Waals surface area contributed by atoms with Crippen LogP contribution in [0.3, 0.4) is 0 Å². The van der Waals surface area contributed by atoms with Gasteiger partial charge in [0, 0.05) is 28.9 Å². The van der Waals surface area contributed by atoms with Crippen molar-refractivity contribution >= 4 is 34.4 Å². The Bertz CT molecular complexity index is 1080. The van der Waals surface area contributed by atoms with Crippen molar-refractivity contribution < 1.29 is 19.8 Å². The fraction of sp³-hybridized carbons (Fsp3) is 0.500. The molecule has 0 aliphatic heterocycles. The summed E-state index contributed by atoms with van der Waals surface area (Å²) in [5.41, 5.74) is 2.79. The van der Waals surface area contributed by atoms with Gasteiger partial charge in [-0.25, -0.2) is 9.78 Å². The predicted octanol–water partition coefficient (Wildman–Crippen LogP) is 6.58. The first kappa shape index (κ1) is 25.7. The van der Waals surface area contributed by atoms with Gasteiger partial charge in [0.1, 0.15) is 5.82 Å². The molecular weight excluding hydrogens is 450 g/mol. The summed E-state index contributed by atoms with van der Waals surface area (Å²) in [6, 6.07) is 11.0. The van der Waals surface area contributed by atoms with Crippen LogP contribution in [0, 0.1) is 5.92 Å². The molecule has 0 unspecified atom stereocenters. The number of aromatic nitrogens is 2. The van der Waals surface area contributed by atoms with Crippen LogP contribution in [0.1, 0.15) is 86.4 Å². The molecule has 1 aromatic carbocycles. The minimum atomic E-state index is -1.83. The van der Waals surface area contributed by atoms with Gasteiger partial charge < -0.3 is 20.1 Å². The Kier molecular flexibility index (Phi) is 9.10. The fourth-order valence-electron chi connectivity index (χ4n) is 4.72. The number of hydrogen-bond donors (Lipinski definition) is 3. The van der Waals surface area contributed by atoms with Gasteiger partial charge in [-0.1, -0.05) is 26.8 Å². The van der Waals surface area contributed by atoms with E-state index in [1.807, 2.05) is 12.1 Å². The molecule has 0 bridgehead atoms. The van der Waals surface area contributed by atoms with Crippen LogP contribution >= 0.6 is 11.3 Å². The maximum atomic E-state index is 12.9. The number of amides is 1. The van der Waals surface area contributed by atoms with Crippen LogP contribution in [-0.2, 0) is 6.42 Å². The van der Waals surface area contributed by atoms with Crippen LogP contribution in [-0.4, -0.2) is 37.9 Å². The Balaban J connectivity index is 0.000000751. The number of fused-ring (bicyclic) bond motifs is 1. The number of hydrogen-bond acceptors (Lipinski definition) is 4. The molecule has 1 fully saturated rings. The molecule has 3 N–H and O–H groups in total. The van der Waals surface area contributed by atoms with Crippen molar-refractivity contribution in [1.82, 2.24) is 14.9 Å². The molecule has 1 amide bonds. The van der Waals surface area contributed by atoms with E-state index in [1.54, 1.807) is 11.3 Å². The van der Waals surface area contributed by atoms with Crippen LogP contribution in [0.25, 0.3) is 11.0 Å². The zero-order valence-electron chi connectivity index (χ0n) is 20.2. The molecule has 0 radical (unpaired) electrons. The summed E-state index contributed by atoms with van der Waals surface area (Å²) in [5, 5.41) is 19.3. The normalized spacial score (nSPS) is 17.9. The van der Waals surface area contributed by atoms with Crippen molar-refractivity contribution in [3.8, 4) is 0 Å². The molecule has 8 heteroatoms. The quantitative estimate of drug-likeness (QED) is 0.351. The highest BCUT2D eigenvalue weighted by atomic mass is 32.1. The van der Waals surface area contributed by atoms with Gasteiger partial charge in [0.2, 0.25) is 0 Å². The van der Waals surface area contributed by atoms with Gasteiger partial charge in [-0.2, -0.15) is 0 Å². The molecule has 34 heavy (non-hydrogen) atoms. The zero-order chi connectivity index (χ0) is 24.7. The second-order valence-corrected chi connectivity index (χ2v) is 10.1. The van der Waals surface area contributed by atoms with E-state index in [0.29, 0.717) is 12.1 Å². The van der Waals surface area contributed by atoms with Crippen LogP contribution in [0.2, 0.25) is 0 Å². The van der Waals surface area contributed by atoms with E-state index in [-0.39, 0.29) is 5.91 Å². The molecule has 184 valence electrons. The molecule has 1 aliphatic carbocycles. The largest absolute Gasteiger partial charge is 0.503 e. The second kappa shape index (κ2) is 12.0. The van der Waals surface area contributed by atoms with Crippen molar-refractivity contribution in [3.05, 3.63) is 52.0 Å². The lowest BCUT2D eigenvalue weighted by Gasteiger charge is -2.26. The Morgan fingerprint density at radius 1 is 1.15 bits per heavy atom. The number of nitrogens with zero attached hydrogens (tertiary/aromatic N) is 2. The third-order valence-corrected chi connectivity index (χ3v) is 7.47. The monoisotopic (exact) mass is 485 g/mol. The van der Waals surface area contributed by atoms with Crippen LogP contribution < -0.4 is 5.32 Å². The van der Waals surface area contributed by atoms with E-state index in [2.05, 4.69) is 54.2 Å². The number of thiophene rings is 1. The fourth-order valence-corrected chi connectivity index (χ4v) is 5.42. The van der Waals surface area contributed by atoms with Gasteiger partial charge in [0.15, 0.2) is 0 Å². The summed E-state index contributed by atoms with van der Waals surface area (Å²) < 4.78 is 2.40. The smallest absolute Gasteiger partial charge is 0.450 e. The highest BCUT2D eigenvalue weighted by Crippen LogP contribution is 2.29. The number of benzene rings is 1. The lowest BCUT2D eigenvalue weighted by atomic mass is 9.87. The van der Waals surface area contributed by atoms with Gasteiger partial charge in [-0.15, -0.1) is 11.3 Å². The topological polar surface area (TPSA) is 104 Å². The molecule has 0 spiro atoms. The molecule has 7 nitrogen and oxygen atoms in total. The number of rotatable bonds is 7. The van der Waals surface area contributed by atoms with Gasteiger partial charge >= 0.3 is 6.16 Å². The summed E-state index contributed by atoms with van der Waals surface area (Å²) in [6.07, 6.45) is 5.73. The number of imidazole rings is 1. The molecule has 2 heterocycles. The highest BCUT2D eigenvalue weighted by Gasteiger charge is 2.22. The molecule has 3 aromatic rings. The predicted molar refractivity (Wildman–Crippen MR) is 136 cm³/mol. The Morgan fingerprint density at radius 2 is 1.82 bits per heavy atom. The Labute approximate surface area is 204 Å². The van der Waals surface area contributed by atoms with Gasteiger partial charge in [0.05, 0.1) is 11.0 Å². The van der Waals surface area contributed by atoms with Crippen molar-refractivity contribution in [3.63, 3.8) is 0 Å². The zero-order valence-corrected chi connectivity index (χ0v) is 21.0. The lowest BCUT2D eigenvalue weighted by molar-refractivity contribution is 0.0923. The van der Waals surface area contributed by atoms with E-state index in [4.69, 9.17) is 20.0 Å². The van der Waals surface area contributed by atoms with E-state index in [0.717, 1.165) is 60.4 Å². The summed E-state index contributed by atoms with van der Waals surface area (Å²) in [6.45, 7) is 6.78. The minimum absolute atomic E-state index is 0.0355. The summed E-state index contributed by atoms with van der Waals surface area (Å²) in [4.78, 5) is 27.8. The highest BCUT2D eigenvalue weighted by molar-refractivity contribution is 7.09. The third-order valence-electron chi connectivity index (χ3n) is 6.60. The van der Waals surface area contributed by atoms with Crippen molar-refractivity contribution in [2.45, 2.75) is 77.8 Å². The van der Waals surface area contributed by atoms with Crippen molar-refractivity contribution in [2.75, 3.05) is 0 Å². The molecule has 0 atom stereocenters. The average molecular weight is 486 g/mol. The number of carboxylic acid groups (broad SMARTS) is 2. The summed E-state index contributed by atoms with van der Waals surface area (Å²) in [5.74, 6) is 1.92. The van der Waals surface area contributed by atoms with Crippen LogP contribution in [0.5, 0.6) is 0 Å². The summed E-state index contributed by atoms with van der Waals surface area (Å²) >= 11 is 1.77. The van der Waals surface area contributed by atoms with Crippen LogP contribution in [0.4, 0.5) is 4.79 Å². The van der Waals surface area contributed by atoms with Crippen molar-refractivity contribution in [1.29, 1.82) is 0 Å². The average Bonchev–Trinajstić information content (AvgIpc) is 3.44. The maximum absolute atomic E-state index is 12.9. The summed E-state index contributed by atoms with van der Waals surface area (Å²) in [7, 11) is 0. The maximum Gasteiger partial charge on any atom is 0.503 e. The standard InChI is InChI=1S/C25H33N3OS.CH2O3/c1-4-20(5-2)28-23-13-10-18(25(29)26-19-11-8-17(3)9-12-19)15-22(23)27-24(28)16-21-7-6-14-30-21;2-1(3)4/h6-7,10,13-15,17,19-20H,4-5,8-9,11-12,16H2,1-3H3,(H,26,29);(H2,2,3,4). The third kappa shape index (κ3) is 6.59. The second-order valence-electron chi connectivity index (χ2n) is 9.04. The van der Waals surface area contributed by atoms with Gasteiger partial charge in [-0.05, 0) is 74.1 Å². The number of carbonyl (C=O) groups excluding carboxylic acids is 1.